The first-order valence-corrected chi connectivity index (χ1v) is 7.30. The standard InChI is InChI=1S/C12H23NOS.ClH/c1-10-7-13-12(2,14-8-10)6-11-4-3-5-15-9-11;/h10-11,13H,3-9H2,1-2H3;1H. The van der Waals surface area contributed by atoms with Gasteiger partial charge in [-0.15, -0.1) is 12.4 Å². The van der Waals surface area contributed by atoms with E-state index in [2.05, 4.69) is 30.9 Å². The van der Waals surface area contributed by atoms with Gasteiger partial charge in [-0.25, -0.2) is 0 Å². The van der Waals surface area contributed by atoms with Crippen molar-refractivity contribution in [3.05, 3.63) is 0 Å². The van der Waals surface area contributed by atoms with Crippen LogP contribution in [-0.4, -0.2) is 30.4 Å². The van der Waals surface area contributed by atoms with Crippen molar-refractivity contribution in [3.8, 4) is 0 Å². The average molecular weight is 266 g/mol. The van der Waals surface area contributed by atoms with Crippen LogP contribution < -0.4 is 5.32 Å². The van der Waals surface area contributed by atoms with E-state index in [9.17, 15) is 0 Å². The van der Waals surface area contributed by atoms with Crippen LogP contribution >= 0.6 is 24.2 Å². The van der Waals surface area contributed by atoms with Gasteiger partial charge < -0.3 is 4.74 Å². The third-order valence-electron chi connectivity index (χ3n) is 3.44. The van der Waals surface area contributed by atoms with Gasteiger partial charge in [0, 0.05) is 6.54 Å². The van der Waals surface area contributed by atoms with Crippen LogP contribution in [-0.2, 0) is 4.74 Å². The smallest absolute Gasteiger partial charge is 0.116 e. The van der Waals surface area contributed by atoms with E-state index in [1.165, 1.54) is 30.8 Å². The van der Waals surface area contributed by atoms with Crippen molar-refractivity contribution in [2.75, 3.05) is 24.7 Å². The van der Waals surface area contributed by atoms with Gasteiger partial charge in [-0.05, 0) is 49.5 Å². The number of thioether (sulfide) groups is 1. The predicted octanol–water partition coefficient (Wildman–Crippen LogP) is 2.91. The summed E-state index contributed by atoms with van der Waals surface area (Å²) in [6.07, 6.45) is 3.97. The second-order valence-electron chi connectivity index (χ2n) is 5.32. The minimum atomic E-state index is -0.0466. The van der Waals surface area contributed by atoms with Crippen LogP contribution in [0.4, 0.5) is 0 Å². The summed E-state index contributed by atoms with van der Waals surface area (Å²) in [7, 11) is 0. The highest BCUT2D eigenvalue weighted by molar-refractivity contribution is 7.99. The van der Waals surface area contributed by atoms with Gasteiger partial charge in [0.1, 0.15) is 5.72 Å². The molecule has 3 unspecified atom stereocenters. The van der Waals surface area contributed by atoms with Crippen molar-refractivity contribution >= 4 is 24.2 Å². The van der Waals surface area contributed by atoms with E-state index in [4.69, 9.17) is 4.74 Å². The van der Waals surface area contributed by atoms with Crippen LogP contribution in [0.1, 0.15) is 33.1 Å². The molecule has 0 aromatic rings. The molecule has 0 amide bonds. The number of halogens is 1. The van der Waals surface area contributed by atoms with E-state index >= 15 is 0 Å². The number of rotatable bonds is 2. The summed E-state index contributed by atoms with van der Waals surface area (Å²) in [4.78, 5) is 0. The second-order valence-corrected chi connectivity index (χ2v) is 6.47. The van der Waals surface area contributed by atoms with Gasteiger partial charge in [0.2, 0.25) is 0 Å². The zero-order valence-corrected chi connectivity index (χ0v) is 12.0. The van der Waals surface area contributed by atoms with E-state index in [-0.39, 0.29) is 18.1 Å². The van der Waals surface area contributed by atoms with Gasteiger partial charge in [0.25, 0.3) is 0 Å². The fourth-order valence-corrected chi connectivity index (χ4v) is 3.63. The maximum atomic E-state index is 5.96. The Kier molecular flexibility index (Phi) is 5.92. The Morgan fingerprint density at radius 3 is 2.88 bits per heavy atom. The SMILES string of the molecule is CC1CNC(C)(CC2CCCSC2)OC1.Cl. The highest BCUT2D eigenvalue weighted by Gasteiger charge is 2.33. The molecule has 0 aromatic heterocycles. The van der Waals surface area contributed by atoms with Crippen molar-refractivity contribution in [1.82, 2.24) is 5.32 Å². The lowest BCUT2D eigenvalue weighted by atomic mass is 9.93. The maximum Gasteiger partial charge on any atom is 0.116 e. The lowest BCUT2D eigenvalue weighted by Gasteiger charge is -2.40. The molecular weight excluding hydrogens is 242 g/mol. The molecule has 2 aliphatic heterocycles. The van der Waals surface area contributed by atoms with E-state index < -0.39 is 0 Å². The Bertz CT molecular complexity index is 201. The van der Waals surface area contributed by atoms with Crippen LogP contribution in [0.15, 0.2) is 0 Å². The van der Waals surface area contributed by atoms with E-state index in [0.29, 0.717) is 5.92 Å². The molecule has 1 N–H and O–H groups in total. The zero-order chi connectivity index (χ0) is 10.7. The van der Waals surface area contributed by atoms with Gasteiger partial charge in [-0.2, -0.15) is 11.8 Å². The van der Waals surface area contributed by atoms with Crippen molar-refractivity contribution in [2.24, 2.45) is 11.8 Å². The van der Waals surface area contributed by atoms with Crippen molar-refractivity contribution < 1.29 is 4.74 Å². The van der Waals surface area contributed by atoms with Crippen molar-refractivity contribution in [2.45, 2.75) is 38.8 Å². The highest BCUT2D eigenvalue weighted by Crippen LogP contribution is 2.31. The molecule has 2 saturated heterocycles. The maximum absolute atomic E-state index is 5.96. The van der Waals surface area contributed by atoms with Gasteiger partial charge in [-0.3, -0.25) is 5.32 Å². The first-order chi connectivity index (χ1) is 7.18. The molecule has 0 saturated carbocycles. The first-order valence-electron chi connectivity index (χ1n) is 6.15. The molecule has 0 aromatic carbocycles. The summed E-state index contributed by atoms with van der Waals surface area (Å²) in [6.45, 7) is 6.49. The molecule has 0 spiro atoms. The van der Waals surface area contributed by atoms with E-state index in [1.54, 1.807) is 0 Å². The highest BCUT2D eigenvalue weighted by atomic mass is 35.5. The summed E-state index contributed by atoms with van der Waals surface area (Å²) >= 11 is 2.11. The Balaban J connectivity index is 0.00000128. The summed E-state index contributed by atoms with van der Waals surface area (Å²) in [5, 5.41) is 3.56. The fraction of sp³-hybridized carbons (Fsp3) is 1.00. The van der Waals surface area contributed by atoms with Crippen LogP contribution in [0.5, 0.6) is 0 Å². The van der Waals surface area contributed by atoms with Gasteiger partial charge in [-0.1, -0.05) is 6.92 Å². The summed E-state index contributed by atoms with van der Waals surface area (Å²) in [6, 6.07) is 0. The predicted molar refractivity (Wildman–Crippen MR) is 73.4 cm³/mol. The minimum Gasteiger partial charge on any atom is -0.361 e. The Morgan fingerprint density at radius 2 is 2.31 bits per heavy atom. The van der Waals surface area contributed by atoms with Gasteiger partial charge in [0.05, 0.1) is 6.61 Å². The summed E-state index contributed by atoms with van der Waals surface area (Å²) in [5.74, 6) is 4.21. The lowest BCUT2D eigenvalue weighted by Crippen LogP contribution is -2.53. The lowest BCUT2D eigenvalue weighted by molar-refractivity contribution is -0.112. The molecule has 2 nitrogen and oxygen atoms in total. The van der Waals surface area contributed by atoms with E-state index in [1.807, 2.05) is 0 Å². The summed E-state index contributed by atoms with van der Waals surface area (Å²) in [5.41, 5.74) is -0.0466. The fourth-order valence-electron chi connectivity index (χ4n) is 2.48. The monoisotopic (exact) mass is 265 g/mol. The third kappa shape index (κ3) is 4.10. The number of ether oxygens (including phenoxy) is 1. The second kappa shape index (κ2) is 6.48. The minimum absolute atomic E-state index is 0. The van der Waals surface area contributed by atoms with Gasteiger partial charge >= 0.3 is 0 Å². The molecule has 0 aliphatic carbocycles. The largest absolute Gasteiger partial charge is 0.361 e. The molecular formula is C12H24ClNOS. The molecule has 2 fully saturated rings. The van der Waals surface area contributed by atoms with Crippen molar-refractivity contribution in [1.29, 1.82) is 0 Å². The number of hydrogen-bond acceptors (Lipinski definition) is 3. The van der Waals surface area contributed by atoms with Crippen molar-refractivity contribution in [3.63, 3.8) is 0 Å². The molecule has 2 heterocycles. The van der Waals surface area contributed by atoms with Crippen LogP contribution in [0.3, 0.4) is 0 Å². The Labute approximate surface area is 110 Å². The zero-order valence-electron chi connectivity index (χ0n) is 10.3. The number of hydrogen-bond donors (Lipinski definition) is 1. The molecule has 4 heteroatoms. The molecule has 96 valence electrons. The van der Waals surface area contributed by atoms with Crippen LogP contribution in [0, 0.1) is 11.8 Å². The van der Waals surface area contributed by atoms with Crippen LogP contribution in [0.25, 0.3) is 0 Å². The molecule has 0 bridgehead atoms. The Hall–Kier alpha value is 0.560. The molecule has 0 radical (unpaired) electrons. The number of nitrogens with one attached hydrogen (secondary N) is 1. The Morgan fingerprint density at radius 1 is 1.50 bits per heavy atom. The average Bonchev–Trinajstić information content (AvgIpc) is 2.24. The molecule has 2 aliphatic rings. The normalized spacial score (nSPS) is 40.1. The molecule has 2 rings (SSSR count). The third-order valence-corrected chi connectivity index (χ3v) is 4.73. The topological polar surface area (TPSA) is 21.3 Å². The van der Waals surface area contributed by atoms with Crippen LogP contribution in [0.2, 0.25) is 0 Å². The van der Waals surface area contributed by atoms with E-state index in [0.717, 1.165) is 19.1 Å². The van der Waals surface area contributed by atoms with Gasteiger partial charge in [0.15, 0.2) is 0 Å². The summed E-state index contributed by atoms with van der Waals surface area (Å²) < 4.78 is 5.96. The molecule has 3 atom stereocenters. The first kappa shape index (κ1) is 14.6. The molecule has 16 heavy (non-hydrogen) atoms. The quantitative estimate of drug-likeness (QED) is 0.830.